The predicted octanol–water partition coefficient (Wildman–Crippen LogP) is 1.06. The summed E-state index contributed by atoms with van der Waals surface area (Å²) in [6.45, 7) is 1.21. The topological polar surface area (TPSA) is 63.0 Å². The zero-order valence-electron chi connectivity index (χ0n) is 11.0. The van der Waals surface area contributed by atoms with Gasteiger partial charge in [0, 0.05) is 19.0 Å². The largest absolute Gasteiger partial charge is 0.387 e. The van der Waals surface area contributed by atoms with E-state index in [9.17, 15) is 9.50 Å². The zero-order valence-corrected chi connectivity index (χ0v) is 11.0. The van der Waals surface area contributed by atoms with Gasteiger partial charge in [0.2, 0.25) is 0 Å². The Kier molecular flexibility index (Phi) is 3.75. The van der Waals surface area contributed by atoms with Crippen molar-refractivity contribution < 1.29 is 9.50 Å². The molecule has 1 aliphatic rings. The number of fused-ring (bicyclic) bond motifs is 1. The quantitative estimate of drug-likeness (QED) is 0.876. The Bertz CT molecular complexity index is 569. The number of benzene rings is 1. The van der Waals surface area contributed by atoms with Gasteiger partial charge in [-0.25, -0.2) is 14.1 Å². The lowest BCUT2D eigenvalue weighted by molar-refractivity contribution is 0.165. The molecule has 0 saturated heterocycles. The molecule has 0 bridgehead atoms. The van der Waals surface area contributed by atoms with Gasteiger partial charge in [0.05, 0.1) is 12.6 Å². The van der Waals surface area contributed by atoms with E-state index in [1.54, 1.807) is 18.5 Å². The summed E-state index contributed by atoms with van der Waals surface area (Å²) in [4.78, 5) is 4.18. The molecule has 0 radical (unpaired) electrons. The van der Waals surface area contributed by atoms with E-state index in [1.807, 2.05) is 4.68 Å². The van der Waals surface area contributed by atoms with Crippen LogP contribution in [0, 0.1) is 5.82 Å². The maximum absolute atomic E-state index is 12.8. The summed E-state index contributed by atoms with van der Waals surface area (Å²) in [5.74, 6) is 0.724. The minimum atomic E-state index is -0.632. The first-order chi connectivity index (χ1) is 9.72. The Labute approximate surface area is 116 Å². The smallest absolute Gasteiger partial charge is 0.138 e. The third kappa shape index (κ3) is 2.86. The molecule has 0 aliphatic carbocycles. The summed E-state index contributed by atoms with van der Waals surface area (Å²) in [5.41, 5.74) is 0.719. The van der Waals surface area contributed by atoms with Gasteiger partial charge in [-0.2, -0.15) is 5.10 Å². The van der Waals surface area contributed by atoms with Crippen LogP contribution in [0.25, 0.3) is 0 Å². The highest BCUT2D eigenvalue weighted by Crippen LogP contribution is 2.15. The van der Waals surface area contributed by atoms with E-state index in [0.29, 0.717) is 6.54 Å². The van der Waals surface area contributed by atoms with Crippen LogP contribution in [0.5, 0.6) is 0 Å². The number of nitrogens with one attached hydrogen (secondary N) is 1. The molecule has 0 spiro atoms. The van der Waals surface area contributed by atoms with E-state index >= 15 is 0 Å². The Balaban J connectivity index is 1.54. The number of halogens is 1. The second kappa shape index (κ2) is 5.68. The molecule has 6 heteroatoms. The van der Waals surface area contributed by atoms with Crippen molar-refractivity contribution in [2.45, 2.75) is 31.5 Å². The number of aromatic nitrogens is 3. The van der Waals surface area contributed by atoms with Gasteiger partial charge in [-0.3, -0.25) is 0 Å². The van der Waals surface area contributed by atoms with Gasteiger partial charge < -0.3 is 10.4 Å². The molecule has 1 aromatic heterocycles. The first-order valence-corrected chi connectivity index (χ1v) is 6.76. The molecular formula is C14H17FN4O. The Morgan fingerprint density at radius 3 is 3.00 bits per heavy atom. The van der Waals surface area contributed by atoms with Crippen molar-refractivity contribution in [2.75, 3.05) is 6.54 Å². The first-order valence-electron chi connectivity index (χ1n) is 6.76. The monoisotopic (exact) mass is 276 g/mol. The minimum Gasteiger partial charge on any atom is -0.387 e. The summed E-state index contributed by atoms with van der Waals surface area (Å²) in [7, 11) is 0. The van der Waals surface area contributed by atoms with E-state index < -0.39 is 6.10 Å². The average Bonchev–Trinajstić information content (AvgIpc) is 2.93. The average molecular weight is 276 g/mol. The number of rotatable bonds is 4. The predicted molar refractivity (Wildman–Crippen MR) is 71.5 cm³/mol. The zero-order chi connectivity index (χ0) is 13.9. The minimum absolute atomic E-state index is 0.277. The van der Waals surface area contributed by atoms with Crippen LogP contribution in [-0.2, 0) is 13.0 Å². The van der Waals surface area contributed by atoms with Crippen LogP contribution in [0.3, 0.4) is 0 Å². The van der Waals surface area contributed by atoms with Crippen LogP contribution in [0.15, 0.2) is 30.6 Å². The van der Waals surface area contributed by atoms with Gasteiger partial charge in [0.15, 0.2) is 0 Å². The molecule has 2 atom stereocenters. The van der Waals surface area contributed by atoms with Crippen molar-refractivity contribution in [3.05, 3.63) is 47.8 Å². The first kappa shape index (κ1) is 13.2. The van der Waals surface area contributed by atoms with E-state index in [4.69, 9.17) is 0 Å². The number of hydrogen-bond donors (Lipinski definition) is 2. The van der Waals surface area contributed by atoms with Gasteiger partial charge in [-0.1, -0.05) is 12.1 Å². The summed E-state index contributed by atoms with van der Waals surface area (Å²) in [5, 5.41) is 17.6. The Morgan fingerprint density at radius 1 is 1.40 bits per heavy atom. The lowest BCUT2D eigenvalue weighted by atomic mass is 10.1. The van der Waals surface area contributed by atoms with E-state index in [-0.39, 0.29) is 11.9 Å². The molecule has 0 unspecified atom stereocenters. The normalized spacial score (nSPS) is 19.6. The van der Waals surface area contributed by atoms with Gasteiger partial charge in [-0.05, 0) is 24.1 Å². The van der Waals surface area contributed by atoms with Gasteiger partial charge >= 0.3 is 0 Å². The SMILES string of the molecule is O[C@H](CN[C@H]1CCc2ncnn2C1)c1ccc(F)cc1. The lowest BCUT2D eigenvalue weighted by Crippen LogP contribution is -2.39. The van der Waals surface area contributed by atoms with Crippen LogP contribution in [0.4, 0.5) is 4.39 Å². The molecule has 0 fully saturated rings. The highest BCUT2D eigenvalue weighted by Gasteiger charge is 2.20. The molecule has 5 nitrogen and oxygen atoms in total. The summed E-state index contributed by atoms with van der Waals surface area (Å²) in [6.07, 6.45) is 2.82. The highest BCUT2D eigenvalue weighted by molar-refractivity contribution is 5.18. The maximum Gasteiger partial charge on any atom is 0.138 e. The number of aliphatic hydroxyl groups excluding tert-OH is 1. The second-order valence-corrected chi connectivity index (χ2v) is 5.07. The standard InChI is InChI=1S/C14H17FN4O/c15-11-3-1-10(2-4-11)13(20)7-16-12-5-6-14-17-9-18-19(14)8-12/h1-4,9,12-13,16,20H,5-8H2/t12-,13+/m0/s1. The number of aliphatic hydroxyl groups is 1. The van der Waals surface area contributed by atoms with Gasteiger partial charge in [-0.15, -0.1) is 0 Å². The fourth-order valence-electron chi connectivity index (χ4n) is 2.49. The van der Waals surface area contributed by atoms with Gasteiger partial charge in [0.1, 0.15) is 18.0 Å². The van der Waals surface area contributed by atoms with Crippen LogP contribution in [0.2, 0.25) is 0 Å². The second-order valence-electron chi connectivity index (χ2n) is 5.07. The van der Waals surface area contributed by atoms with Crippen LogP contribution >= 0.6 is 0 Å². The lowest BCUT2D eigenvalue weighted by Gasteiger charge is -2.25. The molecule has 3 rings (SSSR count). The molecule has 1 aliphatic heterocycles. The molecule has 0 saturated carbocycles. The van der Waals surface area contributed by atoms with Crippen molar-refractivity contribution in [1.29, 1.82) is 0 Å². The molecule has 106 valence electrons. The maximum atomic E-state index is 12.8. The van der Waals surface area contributed by atoms with Crippen molar-refractivity contribution >= 4 is 0 Å². The molecule has 2 heterocycles. The van der Waals surface area contributed by atoms with Crippen molar-refractivity contribution in [1.82, 2.24) is 20.1 Å². The highest BCUT2D eigenvalue weighted by atomic mass is 19.1. The third-order valence-electron chi connectivity index (χ3n) is 3.66. The van der Waals surface area contributed by atoms with Crippen molar-refractivity contribution in [3.63, 3.8) is 0 Å². The van der Waals surface area contributed by atoms with E-state index in [0.717, 1.165) is 30.8 Å². The Hall–Kier alpha value is -1.79. The van der Waals surface area contributed by atoms with E-state index in [1.165, 1.54) is 12.1 Å². The van der Waals surface area contributed by atoms with E-state index in [2.05, 4.69) is 15.4 Å². The third-order valence-corrected chi connectivity index (χ3v) is 3.66. The number of hydrogen-bond acceptors (Lipinski definition) is 4. The summed E-state index contributed by atoms with van der Waals surface area (Å²) >= 11 is 0. The number of aryl methyl sites for hydroxylation is 1. The van der Waals surface area contributed by atoms with Crippen LogP contribution in [-0.4, -0.2) is 32.5 Å². The van der Waals surface area contributed by atoms with Gasteiger partial charge in [0.25, 0.3) is 0 Å². The van der Waals surface area contributed by atoms with Crippen LogP contribution in [0.1, 0.15) is 23.9 Å². The molecule has 0 amide bonds. The molecule has 1 aromatic carbocycles. The van der Waals surface area contributed by atoms with Crippen molar-refractivity contribution in [3.8, 4) is 0 Å². The molecular weight excluding hydrogens is 259 g/mol. The Morgan fingerprint density at radius 2 is 2.20 bits per heavy atom. The number of nitrogens with zero attached hydrogens (tertiary/aromatic N) is 3. The van der Waals surface area contributed by atoms with Crippen LogP contribution < -0.4 is 5.32 Å². The summed E-state index contributed by atoms with van der Waals surface area (Å²) < 4.78 is 14.7. The van der Waals surface area contributed by atoms with Crippen molar-refractivity contribution in [2.24, 2.45) is 0 Å². The summed E-state index contributed by atoms with van der Waals surface area (Å²) in [6, 6.07) is 6.22. The fraction of sp³-hybridized carbons (Fsp3) is 0.429. The molecule has 20 heavy (non-hydrogen) atoms. The fourth-order valence-corrected chi connectivity index (χ4v) is 2.49. The molecule has 2 aromatic rings. The molecule has 2 N–H and O–H groups in total.